The van der Waals surface area contributed by atoms with Gasteiger partial charge in [0.1, 0.15) is 0 Å². The van der Waals surface area contributed by atoms with E-state index in [1.54, 1.807) is 10.4 Å². The molecule has 2 aromatic carbocycles. The number of fused-ring (bicyclic) bond motifs is 1. The van der Waals surface area contributed by atoms with Gasteiger partial charge in [-0.1, -0.05) is 49.2 Å². The van der Waals surface area contributed by atoms with E-state index >= 15 is 0 Å². The highest BCUT2D eigenvalue weighted by molar-refractivity contribution is 7.89. The lowest BCUT2D eigenvalue weighted by molar-refractivity contribution is 0.342. The number of benzene rings is 2. The van der Waals surface area contributed by atoms with Crippen molar-refractivity contribution in [1.29, 1.82) is 0 Å². The molecule has 1 aliphatic heterocycles. The average Bonchev–Trinajstić information content (AvgIpc) is 2.71. The Bertz CT molecular complexity index is 734. The molecule has 0 spiro atoms. The summed E-state index contributed by atoms with van der Waals surface area (Å²) in [4.78, 5) is 0.439. The standard InChI is InChI=1S/C17H21NO2S/c1-14-8-3-2-6-13-18(14)21(19,20)17-12-7-10-15-9-4-5-11-16(15)17/h4-5,7,9-12,14H,2-3,6,8,13H2,1H3. The number of sulfonamides is 1. The minimum atomic E-state index is -3.43. The highest BCUT2D eigenvalue weighted by Gasteiger charge is 2.30. The number of rotatable bonds is 2. The third-order valence-electron chi connectivity index (χ3n) is 4.33. The minimum absolute atomic E-state index is 0.0801. The van der Waals surface area contributed by atoms with Crippen molar-refractivity contribution >= 4 is 20.8 Å². The molecule has 1 fully saturated rings. The molecule has 112 valence electrons. The monoisotopic (exact) mass is 303 g/mol. The van der Waals surface area contributed by atoms with Gasteiger partial charge in [0.25, 0.3) is 0 Å². The van der Waals surface area contributed by atoms with Crippen LogP contribution in [0.2, 0.25) is 0 Å². The zero-order valence-electron chi connectivity index (χ0n) is 12.3. The van der Waals surface area contributed by atoms with Crippen molar-refractivity contribution in [2.75, 3.05) is 6.54 Å². The van der Waals surface area contributed by atoms with Crippen LogP contribution in [-0.2, 0) is 10.0 Å². The summed E-state index contributed by atoms with van der Waals surface area (Å²) in [5.41, 5.74) is 0. The summed E-state index contributed by atoms with van der Waals surface area (Å²) in [6, 6.07) is 13.3. The molecule has 1 atom stereocenters. The zero-order chi connectivity index (χ0) is 14.9. The van der Waals surface area contributed by atoms with Crippen molar-refractivity contribution in [3.05, 3.63) is 42.5 Å². The molecule has 0 amide bonds. The quantitative estimate of drug-likeness (QED) is 0.846. The van der Waals surface area contributed by atoms with Gasteiger partial charge < -0.3 is 0 Å². The molecule has 0 bridgehead atoms. The van der Waals surface area contributed by atoms with E-state index in [2.05, 4.69) is 0 Å². The van der Waals surface area contributed by atoms with Crippen LogP contribution in [0.1, 0.15) is 32.6 Å². The molecule has 0 saturated carbocycles. The van der Waals surface area contributed by atoms with Gasteiger partial charge in [0.2, 0.25) is 10.0 Å². The van der Waals surface area contributed by atoms with Crippen molar-refractivity contribution in [2.45, 2.75) is 43.5 Å². The maximum absolute atomic E-state index is 13.1. The van der Waals surface area contributed by atoms with Crippen LogP contribution in [0.5, 0.6) is 0 Å². The highest BCUT2D eigenvalue weighted by Crippen LogP contribution is 2.29. The smallest absolute Gasteiger partial charge is 0.207 e. The second-order valence-electron chi connectivity index (χ2n) is 5.79. The molecule has 0 N–H and O–H groups in total. The van der Waals surface area contributed by atoms with Crippen LogP contribution in [0.3, 0.4) is 0 Å². The third kappa shape index (κ3) is 2.70. The topological polar surface area (TPSA) is 37.4 Å². The normalized spacial score (nSPS) is 21.3. The van der Waals surface area contributed by atoms with Gasteiger partial charge in [-0.15, -0.1) is 0 Å². The molecule has 1 heterocycles. The van der Waals surface area contributed by atoms with Crippen molar-refractivity contribution in [3.8, 4) is 0 Å². The molecule has 3 rings (SSSR count). The lowest BCUT2D eigenvalue weighted by atomic mass is 10.1. The fraction of sp³-hybridized carbons (Fsp3) is 0.412. The van der Waals surface area contributed by atoms with E-state index in [-0.39, 0.29) is 6.04 Å². The first kappa shape index (κ1) is 14.5. The van der Waals surface area contributed by atoms with E-state index < -0.39 is 10.0 Å². The predicted molar refractivity (Wildman–Crippen MR) is 85.8 cm³/mol. The minimum Gasteiger partial charge on any atom is -0.207 e. The molecular weight excluding hydrogens is 282 g/mol. The first-order chi connectivity index (χ1) is 10.1. The Kier molecular flexibility index (Phi) is 4.00. The molecule has 2 aromatic rings. The zero-order valence-corrected chi connectivity index (χ0v) is 13.1. The first-order valence-corrected chi connectivity index (χ1v) is 9.04. The van der Waals surface area contributed by atoms with Crippen molar-refractivity contribution in [1.82, 2.24) is 4.31 Å². The lowest BCUT2D eigenvalue weighted by Gasteiger charge is -2.26. The average molecular weight is 303 g/mol. The molecule has 0 aromatic heterocycles. The fourth-order valence-electron chi connectivity index (χ4n) is 3.15. The third-order valence-corrected chi connectivity index (χ3v) is 6.40. The number of nitrogens with zero attached hydrogens (tertiary/aromatic N) is 1. The van der Waals surface area contributed by atoms with Crippen molar-refractivity contribution < 1.29 is 8.42 Å². The molecule has 3 nitrogen and oxygen atoms in total. The van der Waals surface area contributed by atoms with E-state index in [1.807, 2.05) is 43.3 Å². The summed E-state index contributed by atoms with van der Waals surface area (Å²) in [5.74, 6) is 0. The maximum Gasteiger partial charge on any atom is 0.243 e. The van der Waals surface area contributed by atoms with Gasteiger partial charge in [0, 0.05) is 18.0 Å². The second kappa shape index (κ2) is 5.78. The van der Waals surface area contributed by atoms with Gasteiger partial charge >= 0.3 is 0 Å². The van der Waals surface area contributed by atoms with Crippen molar-refractivity contribution in [3.63, 3.8) is 0 Å². The summed E-state index contributed by atoms with van der Waals surface area (Å²) >= 11 is 0. The van der Waals surface area contributed by atoms with Gasteiger partial charge in [-0.3, -0.25) is 0 Å². The first-order valence-electron chi connectivity index (χ1n) is 7.60. The number of hydrogen-bond acceptors (Lipinski definition) is 2. The van der Waals surface area contributed by atoms with Crippen LogP contribution in [-0.4, -0.2) is 25.3 Å². The highest BCUT2D eigenvalue weighted by atomic mass is 32.2. The van der Waals surface area contributed by atoms with E-state index in [9.17, 15) is 8.42 Å². The van der Waals surface area contributed by atoms with E-state index in [0.29, 0.717) is 11.4 Å². The summed E-state index contributed by atoms with van der Waals surface area (Å²) < 4.78 is 27.9. The summed E-state index contributed by atoms with van der Waals surface area (Å²) in [6.07, 6.45) is 4.13. The van der Waals surface area contributed by atoms with E-state index in [0.717, 1.165) is 36.5 Å². The number of hydrogen-bond donors (Lipinski definition) is 0. The maximum atomic E-state index is 13.1. The fourth-order valence-corrected chi connectivity index (χ4v) is 5.07. The van der Waals surface area contributed by atoms with E-state index in [1.165, 1.54) is 0 Å². The van der Waals surface area contributed by atoms with Gasteiger partial charge in [0.05, 0.1) is 4.90 Å². The van der Waals surface area contributed by atoms with Crippen LogP contribution < -0.4 is 0 Å². The van der Waals surface area contributed by atoms with Crippen LogP contribution in [0.4, 0.5) is 0 Å². The Morgan fingerprint density at radius 1 is 1.00 bits per heavy atom. The Labute approximate surface area is 126 Å². The van der Waals surface area contributed by atoms with Gasteiger partial charge in [0.15, 0.2) is 0 Å². The summed E-state index contributed by atoms with van der Waals surface area (Å²) in [5, 5.41) is 1.79. The van der Waals surface area contributed by atoms with Crippen LogP contribution >= 0.6 is 0 Å². The summed E-state index contributed by atoms with van der Waals surface area (Å²) in [6.45, 7) is 2.65. The molecule has 1 aliphatic rings. The van der Waals surface area contributed by atoms with Crippen LogP contribution in [0.15, 0.2) is 47.4 Å². The SMILES string of the molecule is CC1CCCCCN1S(=O)(=O)c1cccc2ccccc12. The van der Waals surface area contributed by atoms with Crippen LogP contribution in [0, 0.1) is 0 Å². The van der Waals surface area contributed by atoms with E-state index in [4.69, 9.17) is 0 Å². The Hall–Kier alpha value is -1.39. The molecule has 21 heavy (non-hydrogen) atoms. The summed E-state index contributed by atoms with van der Waals surface area (Å²) in [7, 11) is -3.43. The van der Waals surface area contributed by atoms with Gasteiger partial charge in [-0.2, -0.15) is 4.31 Å². The molecule has 1 unspecified atom stereocenters. The Morgan fingerprint density at radius 2 is 1.76 bits per heavy atom. The van der Waals surface area contributed by atoms with Crippen LogP contribution in [0.25, 0.3) is 10.8 Å². The largest absolute Gasteiger partial charge is 0.243 e. The molecule has 0 radical (unpaired) electrons. The Morgan fingerprint density at radius 3 is 2.62 bits per heavy atom. The molecular formula is C17H21NO2S. The predicted octanol–water partition coefficient (Wildman–Crippen LogP) is 3.79. The second-order valence-corrected chi connectivity index (χ2v) is 7.65. The van der Waals surface area contributed by atoms with Gasteiger partial charge in [-0.25, -0.2) is 8.42 Å². The van der Waals surface area contributed by atoms with Gasteiger partial charge in [-0.05, 0) is 31.2 Å². The molecule has 4 heteroatoms. The van der Waals surface area contributed by atoms with Crippen molar-refractivity contribution in [2.24, 2.45) is 0 Å². The lowest BCUT2D eigenvalue weighted by Crippen LogP contribution is -2.38. The molecule has 1 saturated heterocycles. The Balaban J connectivity index is 2.11. The molecule has 0 aliphatic carbocycles.